The van der Waals surface area contributed by atoms with Gasteiger partial charge in [0.2, 0.25) is 0 Å². The summed E-state index contributed by atoms with van der Waals surface area (Å²) in [5, 5.41) is 1.11. The Morgan fingerprint density at radius 2 is 1.88 bits per heavy atom. The number of carbonyl (C=O) groups excluding carboxylic acids is 2. The first kappa shape index (κ1) is 16.4. The highest BCUT2D eigenvalue weighted by Crippen LogP contribution is 2.31. The second-order valence-electron chi connectivity index (χ2n) is 5.10. The molecule has 1 aromatic heterocycles. The van der Waals surface area contributed by atoms with Crippen molar-refractivity contribution in [1.82, 2.24) is 15.4 Å². The van der Waals surface area contributed by atoms with Crippen LogP contribution < -0.4 is 5.43 Å². The average Bonchev–Trinajstić information content (AvgIpc) is 2.84. The van der Waals surface area contributed by atoms with E-state index in [9.17, 15) is 9.59 Å². The van der Waals surface area contributed by atoms with Crippen molar-refractivity contribution in [3.63, 3.8) is 0 Å². The maximum Gasteiger partial charge on any atom is 0.285 e. The van der Waals surface area contributed by atoms with E-state index in [0.717, 1.165) is 27.9 Å². The van der Waals surface area contributed by atoms with Gasteiger partial charge in [0.05, 0.1) is 4.91 Å². The lowest BCUT2D eigenvalue weighted by Gasteiger charge is -2.15. The second kappa shape index (κ2) is 6.94. The molecule has 0 spiro atoms. The van der Waals surface area contributed by atoms with Gasteiger partial charge in [0, 0.05) is 18.0 Å². The number of amides is 2. The third-order valence-corrected chi connectivity index (χ3v) is 4.63. The molecule has 0 aliphatic carbocycles. The predicted octanol–water partition coefficient (Wildman–Crippen LogP) is 2.94. The molecule has 1 aliphatic heterocycles. The Hall–Kier alpha value is -2.51. The van der Waals surface area contributed by atoms with Crippen molar-refractivity contribution in [3.8, 4) is 0 Å². The van der Waals surface area contributed by atoms with Gasteiger partial charge in [-0.05, 0) is 55.0 Å². The van der Waals surface area contributed by atoms with Crippen molar-refractivity contribution in [2.45, 2.75) is 6.92 Å². The largest absolute Gasteiger partial charge is 0.285 e. The smallest absolute Gasteiger partial charge is 0.267 e. The molecule has 24 heavy (non-hydrogen) atoms. The van der Waals surface area contributed by atoms with Crippen molar-refractivity contribution < 1.29 is 9.59 Å². The van der Waals surface area contributed by atoms with E-state index < -0.39 is 0 Å². The standard InChI is InChI=1S/C17H13N3O2S2/c1-11-2-4-13(5-3-11)15(21)19-20-16(22)14(24-17(20)23)10-12-6-8-18-9-7-12/h2-10H,1H3,(H,19,21)/b14-10-. The zero-order chi connectivity index (χ0) is 17.1. The molecule has 1 saturated heterocycles. The minimum atomic E-state index is -0.378. The number of hydrazine groups is 1. The third kappa shape index (κ3) is 3.52. The summed E-state index contributed by atoms with van der Waals surface area (Å²) < 4.78 is 0.292. The van der Waals surface area contributed by atoms with Crippen LogP contribution in [-0.2, 0) is 4.79 Å². The SMILES string of the molecule is Cc1ccc(C(=O)NN2C(=O)/C(=C/c3ccncc3)SC2=S)cc1. The van der Waals surface area contributed by atoms with Gasteiger partial charge in [-0.1, -0.05) is 29.5 Å². The number of hydrogen-bond donors (Lipinski definition) is 1. The lowest BCUT2D eigenvalue weighted by molar-refractivity contribution is -0.123. The number of nitrogens with zero attached hydrogens (tertiary/aromatic N) is 2. The summed E-state index contributed by atoms with van der Waals surface area (Å²) >= 11 is 6.35. The fourth-order valence-corrected chi connectivity index (χ4v) is 3.23. The Labute approximate surface area is 148 Å². The van der Waals surface area contributed by atoms with E-state index >= 15 is 0 Å². The zero-order valence-electron chi connectivity index (χ0n) is 12.7. The first-order valence-electron chi connectivity index (χ1n) is 7.10. The van der Waals surface area contributed by atoms with Crippen LogP contribution in [0.4, 0.5) is 0 Å². The highest BCUT2D eigenvalue weighted by atomic mass is 32.2. The summed E-state index contributed by atoms with van der Waals surface area (Å²) in [6.07, 6.45) is 5.01. The van der Waals surface area contributed by atoms with E-state index in [1.807, 2.05) is 19.1 Å². The second-order valence-corrected chi connectivity index (χ2v) is 6.78. The molecule has 2 aromatic rings. The Balaban J connectivity index is 1.76. The molecule has 3 rings (SSSR count). The summed E-state index contributed by atoms with van der Waals surface area (Å²) in [7, 11) is 0. The molecule has 120 valence electrons. The Morgan fingerprint density at radius 1 is 1.21 bits per heavy atom. The number of thiocarbonyl (C=S) groups is 1. The molecule has 1 aliphatic rings. The maximum atomic E-state index is 12.5. The van der Waals surface area contributed by atoms with Crippen LogP contribution in [0.5, 0.6) is 0 Å². The molecule has 0 saturated carbocycles. The van der Waals surface area contributed by atoms with Gasteiger partial charge in [0.15, 0.2) is 4.32 Å². The fourth-order valence-electron chi connectivity index (χ4n) is 2.05. The topological polar surface area (TPSA) is 62.3 Å². The lowest BCUT2D eigenvalue weighted by atomic mass is 10.1. The van der Waals surface area contributed by atoms with Gasteiger partial charge in [-0.3, -0.25) is 20.0 Å². The van der Waals surface area contributed by atoms with Crippen molar-refractivity contribution in [2.24, 2.45) is 0 Å². The van der Waals surface area contributed by atoms with Gasteiger partial charge in [-0.15, -0.1) is 0 Å². The number of aromatic nitrogens is 1. The van der Waals surface area contributed by atoms with E-state index in [2.05, 4.69) is 10.4 Å². The van der Waals surface area contributed by atoms with Gasteiger partial charge in [-0.25, -0.2) is 0 Å². The molecule has 5 nitrogen and oxygen atoms in total. The van der Waals surface area contributed by atoms with Gasteiger partial charge < -0.3 is 0 Å². The number of carbonyl (C=O) groups is 2. The molecule has 2 heterocycles. The van der Waals surface area contributed by atoms with Gasteiger partial charge >= 0.3 is 0 Å². The number of benzene rings is 1. The van der Waals surface area contributed by atoms with Crippen molar-refractivity contribution in [1.29, 1.82) is 0 Å². The van der Waals surface area contributed by atoms with Crippen LogP contribution in [0.2, 0.25) is 0 Å². The number of pyridine rings is 1. The number of thioether (sulfide) groups is 1. The van der Waals surface area contributed by atoms with Crippen LogP contribution in [0, 0.1) is 6.92 Å². The van der Waals surface area contributed by atoms with E-state index in [1.165, 1.54) is 0 Å². The quantitative estimate of drug-likeness (QED) is 0.677. The van der Waals surface area contributed by atoms with Gasteiger partial charge in [0.1, 0.15) is 0 Å². The molecule has 7 heteroatoms. The van der Waals surface area contributed by atoms with Crippen LogP contribution in [0.1, 0.15) is 21.5 Å². The molecule has 1 fully saturated rings. The molecule has 2 amide bonds. The number of rotatable bonds is 3. The van der Waals surface area contributed by atoms with E-state index in [0.29, 0.717) is 14.8 Å². The molecule has 0 atom stereocenters. The highest BCUT2D eigenvalue weighted by molar-refractivity contribution is 8.26. The van der Waals surface area contributed by atoms with Crippen LogP contribution in [0.25, 0.3) is 6.08 Å². The average molecular weight is 355 g/mol. The molecule has 0 bridgehead atoms. The Kier molecular flexibility index (Phi) is 4.73. The summed E-state index contributed by atoms with van der Waals surface area (Å²) in [6.45, 7) is 1.94. The normalized spacial score (nSPS) is 15.9. The molecule has 0 radical (unpaired) electrons. The summed E-state index contributed by atoms with van der Waals surface area (Å²) in [6, 6.07) is 10.7. The van der Waals surface area contributed by atoms with Crippen molar-refractivity contribution in [3.05, 3.63) is 70.4 Å². The van der Waals surface area contributed by atoms with Crippen molar-refractivity contribution >= 4 is 46.2 Å². The number of hydrogen-bond acceptors (Lipinski definition) is 5. The summed E-state index contributed by atoms with van der Waals surface area (Å²) in [5.74, 6) is -0.723. The van der Waals surface area contributed by atoms with Crippen molar-refractivity contribution in [2.75, 3.05) is 0 Å². The first-order valence-corrected chi connectivity index (χ1v) is 8.33. The zero-order valence-corrected chi connectivity index (χ0v) is 14.4. The minimum absolute atomic E-state index is 0.292. The van der Waals surface area contributed by atoms with Gasteiger partial charge in [0.25, 0.3) is 11.8 Å². The summed E-state index contributed by atoms with van der Waals surface area (Å²) in [4.78, 5) is 29.1. The maximum absolute atomic E-state index is 12.5. The Bertz CT molecular complexity index is 833. The van der Waals surface area contributed by atoms with E-state index in [1.54, 1.807) is 42.7 Å². The fraction of sp³-hybridized carbons (Fsp3) is 0.0588. The molecule has 0 unspecified atom stereocenters. The highest BCUT2D eigenvalue weighted by Gasteiger charge is 2.33. The molecular weight excluding hydrogens is 342 g/mol. The number of aryl methyl sites for hydroxylation is 1. The first-order chi connectivity index (χ1) is 11.5. The number of nitrogens with one attached hydrogen (secondary N) is 1. The minimum Gasteiger partial charge on any atom is -0.267 e. The van der Waals surface area contributed by atoms with Crippen LogP contribution >= 0.6 is 24.0 Å². The summed E-state index contributed by atoms with van der Waals surface area (Å²) in [5.41, 5.74) is 4.92. The van der Waals surface area contributed by atoms with E-state index in [4.69, 9.17) is 12.2 Å². The monoisotopic (exact) mass is 355 g/mol. The Morgan fingerprint density at radius 3 is 2.54 bits per heavy atom. The lowest BCUT2D eigenvalue weighted by Crippen LogP contribution is -2.44. The molecule has 1 N–H and O–H groups in total. The van der Waals surface area contributed by atoms with Crippen LogP contribution in [-0.4, -0.2) is 26.1 Å². The van der Waals surface area contributed by atoms with Gasteiger partial charge in [-0.2, -0.15) is 5.01 Å². The molecule has 1 aromatic carbocycles. The molecular formula is C17H13N3O2S2. The predicted molar refractivity (Wildman–Crippen MR) is 97.9 cm³/mol. The van der Waals surface area contributed by atoms with Crippen LogP contribution in [0.15, 0.2) is 53.7 Å². The third-order valence-electron chi connectivity index (χ3n) is 3.32. The van der Waals surface area contributed by atoms with Crippen LogP contribution in [0.3, 0.4) is 0 Å². The van der Waals surface area contributed by atoms with E-state index in [-0.39, 0.29) is 11.8 Å².